The number of rotatable bonds is 7. The molecule has 0 saturated heterocycles. The topological polar surface area (TPSA) is 101 Å². The number of hydrogen-bond acceptors (Lipinski definition) is 6. The normalized spacial score (nSPS) is 11.7. The lowest BCUT2D eigenvalue weighted by atomic mass is 10.1. The molecule has 3 rings (SSSR count). The lowest BCUT2D eigenvalue weighted by Gasteiger charge is -2.13. The number of para-hydroxylation sites is 1. The Bertz CT molecular complexity index is 1210. The summed E-state index contributed by atoms with van der Waals surface area (Å²) in [7, 11) is -3.71. The summed E-state index contributed by atoms with van der Waals surface area (Å²) in [4.78, 5) is 12.1. The van der Waals surface area contributed by atoms with Gasteiger partial charge in [0.25, 0.3) is 10.0 Å². The zero-order valence-corrected chi connectivity index (χ0v) is 18.8. The maximum Gasteiger partial charge on any atom is 0.271 e. The van der Waals surface area contributed by atoms with Crippen LogP contribution >= 0.6 is 11.3 Å². The highest BCUT2D eigenvalue weighted by Crippen LogP contribution is 2.29. The molecule has 0 saturated carbocycles. The predicted molar refractivity (Wildman–Crippen MR) is 120 cm³/mol. The third-order valence-corrected chi connectivity index (χ3v) is 7.32. The van der Waals surface area contributed by atoms with Crippen molar-refractivity contribution < 1.29 is 17.7 Å². The van der Waals surface area contributed by atoms with Gasteiger partial charge in [-0.3, -0.25) is 9.52 Å². The minimum absolute atomic E-state index is 0.211. The maximum atomic E-state index is 12.9. The monoisotopic (exact) mass is 445 g/mol. The van der Waals surface area contributed by atoms with Crippen molar-refractivity contribution in [2.45, 2.75) is 38.3 Å². The molecule has 0 aliphatic rings. The number of thiophene rings is 1. The molecule has 158 valence electrons. The minimum atomic E-state index is -3.71. The molecule has 3 aromatic rings. The van der Waals surface area contributed by atoms with Crippen LogP contribution < -0.4 is 10.0 Å². The van der Waals surface area contributed by atoms with E-state index in [0.717, 1.165) is 33.8 Å². The largest absolute Gasteiger partial charge is 0.354 e. The Morgan fingerprint density at radius 2 is 1.93 bits per heavy atom. The van der Waals surface area contributed by atoms with E-state index in [4.69, 9.17) is 4.52 Å². The zero-order chi connectivity index (χ0) is 21.9. The van der Waals surface area contributed by atoms with Gasteiger partial charge < -0.3 is 9.84 Å². The first-order chi connectivity index (χ1) is 14.2. The van der Waals surface area contributed by atoms with Gasteiger partial charge in [-0.05, 0) is 55.7 Å². The van der Waals surface area contributed by atoms with Crippen LogP contribution in [0.5, 0.6) is 0 Å². The molecule has 2 heterocycles. The van der Waals surface area contributed by atoms with Crippen LogP contribution in [-0.2, 0) is 21.2 Å². The summed E-state index contributed by atoms with van der Waals surface area (Å²) in [6, 6.07) is 9.00. The average molecular weight is 446 g/mol. The number of sulfonamides is 1. The Morgan fingerprint density at radius 1 is 1.17 bits per heavy atom. The van der Waals surface area contributed by atoms with Crippen molar-refractivity contribution in [1.82, 2.24) is 5.16 Å². The molecule has 9 heteroatoms. The van der Waals surface area contributed by atoms with E-state index < -0.39 is 10.0 Å². The van der Waals surface area contributed by atoms with Gasteiger partial charge in [0.05, 0.1) is 5.69 Å². The van der Waals surface area contributed by atoms with Crippen molar-refractivity contribution in [2.24, 2.45) is 0 Å². The number of nitrogens with zero attached hydrogens (tertiary/aromatic N) is 1. The van der Waals surface area contributed by atoms with E-state index in [-0.39, 0.29) is 10.1 Å². The summed E-state index contributed by atoms with van der Waals surface area (Å²) in [5.41, 5.74) is 3.51. The predicted octanol–water partition coefficient (Wildman–Crippen LogP) is 4.84. The molecule has 0 fully saturated rings. The molecule has 0 aliphatic carbocycles. The molecule has 7 nitrogen and oxygen atoms in total. The Balaban J connectivity index is 1.83. The quantitative estimate of drug-likeness (QED) is 0.542. The first kappa shape index (κ1) is 21.8. The van der Waals surface area contributed by atoms with E-state index in [1.165, 1.54) is 6.92 Å². The standard InChI is InChI=1S/C21H23N3O4S2/c1-5-16-8-6-7-13(2)20(16)24-30(26,27)19-12-10-17(29-19)9-11-18-21(22-15(4)25)14(3)23-28-18/h6-12,24H,5H2,1-4H3,(H,22,25)/b11-9+. The average Bonchev–Trinajstić information content (AvgIpc) is 3.29. The molecule has 1 amide bonds. The second-order valence-corrected chi connectivity index (χ2v) is 9.77. The van der Waals surface area contributed by atoms with Crippen LogP contribution in [0.3, 0.4) is 0 Å². The SMILES string of the molecule is CCc1cccc(C)c1NS(=O)(=O)c1ccc(/C=C/c2onc(C)c2NC(C)=O)s1. The summed E-state index contributed by atoms with van der Waals surface area (Å²) >= 11 is 1.14. The van der Waals surface area contributed by atoms with Gasteiger partial charge in [0.2, 0.25) is 5.91 Å². The second kappa shape index (κ2) is 8.85. The Hall–Kier alpha value is -2.91. The molecule has 0 radical (unpaired) electrons. The van der Waals surface area contributed by atoms with Crippen molar-refractivity contribution in [3.63, 3.8) is 0 Å². The van der Waals surface area contributed by atoms with Crippen LogP contribution in [0, 0.1) is 13.8 Å². The second-order valence-electron chi connectivity index (χ2n) is 6.75. The van der Waals surface area contributed by atoms with Crippen molar-refractivity contribution >= 4 is 50.8 Å². The number of anilines is 2. The number of hydrogen-bond donors (Lipinski definition) is 2. The smallest absolute Gasteiger partial charge is 0.271 e. The number of carbonyl (C=O) groups excluding carboxylic acids is 1. The van der Waals surface area contributed by atoms with Crippen LogP contribution in [0.15, 0.2) is 39.1 Å². The van der Waals surface area contributed by atoms with Crippen molar-refractivity contribution in [1.29, 1.82) is 0 Å². The summed E-state index contributed by atoms with van der Waals surface area (Å²) < 4.78 is 33.9. The molecule has 0 bridgehead atoms. The third kappa shape index (κ3) is 4.80. The van der Waals surface area contributed by atoms with Gasteiger partial charge in [-0.1, -0.05) is 30.3 Å². The summed E-state index contributed by atoms with van der Waals surface area (Å²) in [5, 5.41) is 6.54. The summed E-state index contributed by atoms with van der Waals surface area (Å²) in [6.07, 6.45) is 4.10. The molecular formula is C21H23N3O4S2. The first-order valence-corrected chi connectivity index (χ1v) is 11.6. The Labute approximate surface area is 179 Å². The molecule has 0 aliphatic heterocycles. The maximum absolute atomic E-state index is 12.9. The Kier molecular flexibility index (Phi) is 6.42. The lowest BCUT2D eigenvalue weighted by molar-refractivity contribution is -0.114. The lowest BCUT2D eigenvalue weighted by Crippen LogP contribution is -2.13. The summed E-state index contributed by atoms with van der Waals surface area (Å²) in [6.45, 7) is 7.00. The van der Waals surface area contributed by atoms with Crippen LogP contribution in [0.2, 0.25) is 0 Å². The fourth-order valence-electron chi connectivity index (χ4n) is 2.91. The van der Waals surface area contributed by atoms with Crippen LogP contribution in [0.1, 0.15) is 41.3 Å². The van der Waals surface area contributed by atoms with Gasteiger partial charge in [-0.25, -0.2) is 8.42 Å². The minimum Gasteiger partial charge on any atom is -0.354 e. The van der Waals surface area contributed by atoms with E-state index in [1.54, 1.807) is 31.2 Å². The summed E-state index contributed by atoms with van der Waals surface area (Å²) in [5.74, 6) is 0.167. The molecule has 0 unspecified atom stereocenters. The molecule has 2 aromatic heterocycles. The van der Waals surface area contributed by atoms with Gasteiger partial charge in [0.1, 0.15) is 15.6 Å². The van der Waals surface area contributed by atoms with Crippen LogP contribution in [-0.4, -0.2) is 19.5 Å². The van der Waals surface area contributed by atoms with E-state index in [0.29, 0.717) is 22.8 Å². The van der Waals surface area contributed by atoms with Gasteiger partial charge in [0.15, 0.2) is 5.76 Å². The van der Waals surface area contributed by atoms with E-state index >= 15 is 0 Å². The van der Waals surface area contributed by atoms with Crippen LogP contribution in [0.25, 0.3) is 12.2 Å². The number of carbonyl (C=O) groups is 1. The van der Waals surface area contributed by atoms with Gasteiger partial charge in [-0.2, -0.15) is 0 Å². The highest BCUT2D eigenvalue weighted by Gasteiger charge is 2.19. The molecule has 1 aromatic carbocycles. The molecule has 30 heavy (non-hydrogen) atoms. The van der Waals surface area contributed by atoms with Gasteiger partial charge in [-0.15, -0.1) is 11.3 Å². The first-order valence-electron chi connectivity index (χ1n) is 9.34. The zero-order valence-electron chi connectivity index (χ0n) is 17.1. The highest BCUT2D eigenvalue weighted by atomic mass is 32.2. The molecule has 0 spiro atoms. The van der Waals surface area contributed by atoms with E-state index in [9.17, 15) is 13.2 Å². The van der Waals surface area contributed by atoms with E-state index in [1.807, 2.05) is 32.0 Å². The fourth-order valence-corrected chi connectivity index (χ4v) is 5.31. The highest BCUT2D eigenvalue weighted by molar-refractivity contribution is 7.94. The molecule has 2 N–H and O–H groups in total. The van der Waals surface area contributed by atoms with Crippen molar-refractivity contribution in [3.8, 4) is 0 Å². The van der Waals surface area contributed by atoms with Crippen molar-refractivity contribution in [3.05, 3.63) is 57.8 Å². The van der Waals surface area contributed by atoms with E-state index in [2.05, 4.69) is 15.2 Å². The number of benzene rings is 1. The number of nitrogens with one attached hydrogen (secondary N) is 2. The van der Waals surface area contributed by atoms with Crippen molar-refractivity contribution in [2.75, 3.05) is 10.0 Å². The number of aromatic nitrogens is 1. The number of aryl methyl sites for hydroxylation is 3. The fraction of sp³-hybridized carbons (Fsp3) is 0.238. The number of amides is 1. The van der Waals surface area contributed by atoms with Gasteiger partial charge in [0, 0.05) is 11.8 Å². The van der Waals surface area contributed by atoms with Crippen LogP contribution in [0.4, 0.5) is 11.4 Å². The van der Waals surface area contributed by atoms with Gasteiger partial charge >= 0.3 is 0 Å². The Morgan fingerprint density at radius 3 is 2.63 bits per heavy atom. The molecule has 0 atom stereocenters. The molecular weight excluding hydrogens is 422 g/mol. The third-order valence-electron chi connectivity index (χ3n) is 4.43.